The lowest BCUT2D eigenvalue weighted by Gasteiger charge is -2.30. The van der Waals surface area contributed by atoms with Crippen LogP contribution < -0.4 is 15.0 Å². The SMILES string of the molecule is CC1Oc2cc(NC(=O)Cc3ccc(F)cc3)ccc2N(C)C1=O. The molecule has 1 atom stereocenters. The highest BCUT2D eigenvalue weighted by atomic mass is 19.1. The lowest BCUT2D eigenvalue weighted by atomic mass is 10.1. The molecule has 6 heteroatoms. The van der Waals surface area contributed by atoms with Crippen molar-refractivity contribution in [2.24, 2.45) is 0 Å². The molecule has 2 aromatic carbocycles. The number of fused-ring (bicyclic) bond motifs is 1. The molecule has 0 saturated carbocycles. The molecule has 0 fully saturated rings. The summed E-state index contributed by atoms with van der Waals surface area (Å²) in [5, 5.41) is 2.78. The van der Waals surface area contributed by atoms with E-state index in [0.29, 0.717) is 17.1 Å². The molecule has 124 valence electrons. The van der Waals surface area contributed by atoms with Crippen molar-refractivity contribution in [1.82, 2.24) is 0 Å². The molecule has 1 N–H and O–H groups in total. The van der Waals surface area contributed by atoms with Crippen LogP contribution in [0.15, 0.2) is 42.5 Å². The Kier molecular flexibility index (Phi) is 4.20. The summed E-state index contributed by atoms with van der Waals surface area (Å²) in [7, 11) is 1.69. The number of halogens is 1. The minimum absolute atomic E-state index is 0.115. The van der Waals surface area contributed by atoms with Crippen molar-refractivity contribution in [3.05, 3.63) is 53.8 Å². The predicted molar refractivity (Wildman–Crippen MR) is 88.7 cm³/mol. The highest BCUT2D eigenvalue weighted by Gasteiger charge is 2.28. The summed E-state index contributed by atoms with van der Waals surface area (Å²) in [6.07, 6.45) is -0.416. The van der Waals surface area contributed by atoms with Crippen LogP contribution in [0.2, 0.25) is 0 Å². The Morgan fingerprint density at radius 1 is 1.25 bits per heavy atom. The number of hydrogen-bond donors (Lipinski definition) is 1. The van der Waals surface area contributed by atoms with Crippen LogP contribution in [0.3, 0.4) is 0 Å². The molecule has 5 nitrogen and oxygen atoms in total. The van der Waals surface area contributed by atoms with Crippen molar-refractivity contribution in [3.8, 4) is 5.75 Å². The van der Waals surface area contributed by atoms with E-state index in [2.05, 4.69) is 5.32 Å². The second kappa shape index (κ2) is 6.31. The van der Waals surface area contributed by atoms with Crippen molar-refractivity contribution in [1.29, 1.82) is 0 Å². The van der Waals surface area contributed by atoms with Crippen LogP contribution in [0.1, 0.15) is 12.5 Å². The van der Waals surface area contributed by atoms with Crippen molar-refractivity contribution < 1.29 is 18.7 Å². The van der Waals surface area contributed by atoms with Crippen LogP contribution in [0.5, 0.6) is 5.75 Å². The van der Waals surface area contributed by atoms with Gasteiger partial charge in [-0.2, -0.15) is 0 Å². The quantitative estimate of drug-likeness (QED) is 0.942. The van der Waals surface area contributed by atoms with Gasteiger partial charge in [0.05, 0.1) is 12.1 Å². The van der Waals surface area contributed by atoms with Crippen molar-refractivity contribution >= 4 is 23.2 Å². The summed E-state index contributed by atoms with van der Waals surface area (Å²) < 4.78 is 18.5. The lowest BCUT2D eigenvalue weighted by molar-refractivity contribution is -0.125. The number of nitrogens with one attached hydrogen (secondary N) is 1. The van der Waals surface area contributed by atoms with Gasteiger partial charge < -0.3 is 15.0 Å². The molecule has 0 radical (unpaired) electrons. The van der Waals surface area contributed by atoms with E-state index in [-0.39, 0.29) is 24.1 Å². The fourth-order valence-corrected chi connectivity index (χ4v) is 2.59. The Hall–Kier alpha value is -2.89. The van der Waals surface area contributed by atoms with Gasteiger partial charge in [0.25, 0.3) is 5.91 Å². The molecule has 0 aliphatic carbocycles. The van der Waals surface area contributed by atoms with Crippen LogP contribution in [0.25, 0.3) is 0 Å². The van der Waals surface area contributed by atoms with Crippen molar-refractivity contribution in [2.45, 2.75) is 19.4 Å². The van der Waals surface area contributed by atoms with E-state index in [1.54, 1.807) is 44.3 Å². The number of amides is 2. The topological polar surface area (TPSA) is 58.6 Å². The Labute approximate surface area is 139 Å². The Balaban J connectivity index is 1.72. The molecule has 0 bridgehead atoms. The number of ether oxygens (including phenoxy) is 1. The first kappa shape index (κ1) is 16.0. The summed E-state index contributed by atoms with van der Waals surface area (Å²) in [6, 6.07) is 10.9. The first-order chi connectivity index (χ1) is 11.4. The van der Waals surface area contributed by atoms with Gasteiger partial charge in [-0.1, -0.05) is 12.1 Å². The minimum Gasteiger partial charge on any atom is -0.479 e. The number of rotatable bonds is 3. The number of benzene rings is 2. The molecule has 1 unspecified atom stereocenters. The van der Waals surface area contributed by atoms with Gasteiger partial charge >= 0.3 is 0 Å². The Morgan fingerprint density at radius 2 is 1.96 bits per heavy atom. The second-order valence-electron chi connectivity index (χ2n) is 5.69. The Bertz CT molecular complexity index is 789. The minimum atomic E-state index is -0.562. The van der Waals surface area contributed by atoms with E-state index in [4.69, 9.17) is 4.74 Å². The number of hydrogen-bond acceptors (Lipinski definition) is 3. The summed E-state index contributed by atoms with van der Waals surface area (Å²) in [4.78, 5) is 25.5. The van der Waals surface area contributed by atoms with E-state index in [1.807, 2.05) is 0 Å². The number of nitrogens with zero attached hydrogens (tertiary/aromatic N) is 1. The van der Waals surface area contributed by atoms with Gasteiger partial charge in [0.2, 0.25) is 5.91 Å². The van der Waals surface area contributed by atoms with Gasteiger partial charge in [-0.15, -0.1) is 0 Å². The standard InChI is InChI=1S/C18H17FN2O3/c1-11-18(23)21(2)15-8-7-14(10-16(15)24-11)20-17(22)9-12-3-5-13(19)6-4-12/h3-8,10-11H,9H2,1-2H3,(H,20,22). The molecule has 0 saturated heterocycles. The highest BCUT2D eigenvalue weighted by molar-refractivity contribution is 6.00. The first-order valence-corrected chi connectivity index (χ1v) is 7.56. The summed E-state index contributed by atoms with van der Waals surface area (Å²) in [5.74, 6) is -0.117. The third-order valence-corrected chi connectivity index (χ3v) is 3.86. The van der Waals surface area contributed by atoms with Gasteiger partial charge in [-0.25, -0.2) is 4.39 Å². The monoisotopic (exact) mass is 328 g/mol. The van der Waals surface area contributed by atoms with Gasteiger partial charge in [0, 0.05) is 18.8 Å². The third-order valence-electron chi connectivity index (χ3n) is 3.86. The summed E-state index contributed by atoms with van der Waals surface area (Å²) in [6.45, 7) is 1.68. The Morgan fingerprint density at radius 3 is 2.67 bits per heavy atom. The third kappa shape index (κ3) is 3.22. The molecule has 2 aromatic rings. The molecular formula is C18H17FN2O3. The van der Waals surface area contributed by atoms with E-state index in [1.165, 1.54) is 17.0 Å². The highest BCUT2D eigenvalue weighted by Crippen LogP contribution is 2.35. The molecular weight excluding hydrogens is 311 g/mol. The van der Waals surface area contributed by atoms with Gasteiger partial charge in [0.1, 0.15) is 11.6 Å². The molecule has 1 heterocycles. The molecule has 0 aromatic heterocycles. The maximum absolute atomic E-state index is 12.9. The first-order valence-electron chi connectivity index (χ1n) is 7.56. The molecule has 0 spiro atoms. The molecule has 24 heavy (non-hydrogen) atoms. The summed E-state index contributed by atoms with van der Waals surface area (Å²) in [5.41, 5.74) is 1.97. The average molecular weight is 328 g/mol. The van der Waals surface area contributed by atoms with Gasteiger partial charge in [-0.3, -0.25) is 9.59 Å². The number of likely N-dealkylation sites (N-methyl/N-ethyl adjacent to an activating group) is 1. The summed E-state index contributed by atoms with van der Waals surface area (Å²) >= 11 is 0. The smallest absolute Gasteiger partial charge is 0.267 e. The number of carbonyl (C=O) groups is 2. The molecule has 1 aliphatic rings. The zero-order valence-electron chi connectivity index (χ0n) is 13.4. The van der Waals surface area contributed by atoms with Gasteiger partial charge in [0.15, 0.2) is 6.10 Å². The normalized spacial score (nSPS) is 16.4. The zero-order valence-corrected chi connectivity index (χ0v) is 13.4. The van der Waals surface area contributed by atoms with Crippen LogP contribution in [0, 0.1) is 5.82 Å². The second-order valence-corrected chi connectivity index (χ2v) is 5.69. The average Bonchev–Trinajstić information content (AvgIpc) is 2.55. The van der Waals surface area contributed by atoms with E-state index < -0.39 is 6.10 Å². The molecule has 2 amide bonds. The van der Waals surface area contributed by atoms with E-state index in [9.17, 15) is 14.0 Å². The van der Waals surface area contributed by atoms with Crippen LogP contribution in [0.4, 0.5) is 15.8 Å². The van der Waals surface area contributed by atoms with Crippen molar-refractivity contribution in [2.75, 3.05) is 17.3 Å². The fourth-order valence-electron chi connectivity index (χ4n) is 2.59. The number of carbonyl (C=O) groups excluding carboxylic acids is 2. The largest absolute Gasteiger partial charge is 0.479 e. The van der Waals surface area contributed by atoms with Crippen LogP contribution in [-0.2, 0) is 16.0 Å². The van der Waals surface area contributed by atoms with Crippen LogP contribution >= 0.6 is 0 Å². The maximum atomic E-state index is 12.9. The zero-order chi connectivity index (χ0) is 17.3. The van der Waals surface area contributed by atoms with Crippen LogP contribution in [-0.4, -0.2) is 25.0 Å². The fraction of sp³-hybridized carbons (Fsp3) is 0.222. The molecule has 3 rings (SSSR count). The van der Waals surface area contributed by atoms with Crippen molar-refractivity contribution in [3.63, 3.8) is 0 Å². The van der Waals surface area contributed by atoms with E-state index in [0.717, 1.165) is 5.56 Å². The maximum Gasteiger partial charge on any atom is 0.267 e. The number of anilines is 2. The lowest BCUT2D eigenvalue weighted by Crippen LogP contribution is -2.41. The van der Waals surface area contributed by atoms with E-state index >= 15 is 0 Å². The molecule has 1 aliphatic heterocycles. The predicted octanol–water partition coefficient (Wildman–Crippen LogP) is 2.75. The van der Waals surface area contributed by atoms with Gasteiger partial charge in [-0.05, 0) is 36.8 Å².